The van der Waals surface area contributed by atoms with E-state index in [2.05, 4.69) is 75.2 Å². The van der Waals surface area contributed by atoms with E-state index in [0.29, 0.717) is 0 Å². The Kier molecular flexibility index (Phi) is 5.41. The van der Waals surface area contributed by atoms with Gasteiger partial charge in [0, 0.05) is 45.0 Å². The Bertz CT molecular complexity index is 1340. The summed E-state index contributed by atoms with van der Waals surface area (Å²) in [6, 6.07) is 19.0. The number of thiophene rings is 1. The van der Waals surface area contributed by atoms with Crippen molar-refractivity contribution in [3.8, 4) is 0 Å². The number of aryl methyl sites for hydroxylation is 1. The monoisotopic (exact) mass is 469 g/mol. The number of nitrogens with zero attached hydrogens (tertiary/aromatic N) is 5. The zero-order chi connectivity index (χ0) is 23.1. The molecule has 172 valence electrons. The zero-order valence-electron chi connectivity index (χ0n) is 19.3. The van der Waals surface area contributed by atoms with Gasteiger partial charge in [-0.1, -0.05) is 42.5 Å². The number of amides is 1. The van der Waals surface area contributed by atoms with Gasteiger partial charge in [-0.3, -0.25) is 4.79 Å². The molecule has 0 N–H and O–H groups in total. The molecule has 2 aliphatic rings. The van der Waals surface area contributed by atoms with E-state index in [9.17, 15) is 4.79 Å². The summed E-state index contributed by atoms with van der Waals surface area (Å²) < 4.78 is 0. The summed E-state index contributed by atoms with van der Waals surface area (Å²) in [5.41, 5.74) is 4.98. The van der Waals surface area contributed by atoms with Crippen LogP contribution in [0.2, 0.25) is 0 Å². The molecular weight excluding hydrogens is 442 g/mol. The number of para-hydroxylation sites is 1. The van der Waals surface area contributed by atoms with Gasteiger partial charge in [-0.25, -0.2) is 9.97 Å². The molecule has 1 saturated heterocycles. The van der Waals surface area contributed by atoms with Crippen molar-refractivity contribution in [1.29, 1.82) is 0 Å². The number of piperazine rings is 1. The minimum Gasteiger partial charge on any atom is -0.368 e. The Morgan fingerprint density at radius 3 is 2.38 bits per heavy atom. The highest BCUT2D eigenvalue weighted by Gasteiger charge is 2.28. The van der Waals surface area contributed by atoms with E-state index in [4.69, 9.17) is 0 Å². The second-order valence-electron chi connectivity index (χ2n) is 8.99. The summed E-state index contributed by atoms with van der Waals surface area (Å²) >= 11 is 1.50. The second kappa shape index (κ2) is 8.72. The fraction of sp³-hybridized carbons (Fsp3) is 0.296. The van der Waals surface area contributed by atoms with Crippen LogP contribution in [0.15, 0.2) is 60.9 Å². The van der Waals surface area contributed by atoms with Crippen LogP contribution in [0.5, 0.6) is 0 Å². The number of aromatic nitrogens is 2. The van der Waals surface area contributed by atoms with E-state index >= 15 is 0 Å². The van der Waals surface area contributed by atoms with Crippen molar-refractivity contribution in [3.05, 3.63) is 82.5 Å². The third kappa shape index (κ3) is 3.70. The maximum absolute atomic E-state index is 13.5. The first-order valence-electron chi connectivity index (χ1n) is 11.8. The van der Waals surface area contributed by atoms with Crippen LogP contribution in [-0.2, 0) is 13.0 Å². The molecule has 0 radical (unpaired) electrons. The normalized spacial score (nSPS) is 16.1. The average molecular weight is 470 g/mol. The Balaban J connectivity index is 1.25. The van der Waals surface area contributed by atoms with Crippen LogP contribution in [0.1, 0.15) is 26.4 Å². The number of benzene rings is 2. The predicted octanol–water partition coefficient (Wildman–Crippen LogP) is 4.52. The van der Waals surface area contributed by atoms with Crippen molar-refractivity contribution in [2.24, 2.45) is 0 Å². The molecule has 0 saturated carbocycles. The van der Waals surface area contributed by atoms with Crippen LogP contribution in [0.4, 0.5) is 11.5 Å². The summed E-state index contributed by atoms with van der Waals surface area (Å²) in [5, 5.41) is 1.03. The molecule has 34 heavy (non-hydrogen) atoms. The minimum absolute atomic E-state index is 0.114. The zero-order valence-corrected chi connectivity index (χ0v) is 20.1. The molecule has 2 aromatic heterocycles. The second-order valence-corrected chi connectivity index (χ2v) is 9.99. The van der Waals surface area contributed by atoms with Crippen molar-refractivity contribution in [3.63, 3.8) is 0 Å². The standard InChI is InChI=1S/C27H27N5OS/c1-19-23-25(32-12-11-20-7-5-6-8-21(20)17-32)28-18-29-26(23)34-24(19)27(33)31-15-13-30(14-16-31)22-9-3-2-4-10-22/h2-10,18H,11-17H2,1H3. The molecular formula is C27H27N5OS. The van der Waals surface area contributed by atoms with Crippen LogP contribution in [-0.4, -0.2) is 53.5 Å². The molecule has 6 rings (SSSR count). The predicted molar refractivity (Wildman–Crippen MR) is 138 cm³/mol. The van der Waals surface area contributed by atoms with Gasteiger partial charge in [-0.05, 0) is 42.2 Å². The van der Waals surface area contributed by atoms with Crippen molar-refractivity contribution >= 4 is 39.0 Å². The van der Waals surface area contributed by atoms with E-state index in [1.807, 2.05) is 11.0 Å². The highest BCUT2D eigenvalue weighted by molar-refractivity contribution is 7.20. The molecule has 0 spiro atoms. The van der Waals surface area contributed by atoms with Crippen LogP contribution < -0.4 is 9.80 Å². The van der Waals surface area contributed by atoms with Crippen LogP contribution in [0.25, 0.3) is 10.2 Å². The van der Waals surface area contributed by atoms with E-state index in [1.54, 1.807) is 6.33 Å². The van der Waals surface area contributed by atoms with Crippen LogP contribution in [0.3, 0.4) is 0 Å². The largest absolute Gasteiger partial charge is 0.368 e. The molecule has 0 unspecified atom stereocenters. The maximum atomic E-state index is 13.5. The fourth-order valence-electron chi connectivity index (χ4n) is 5.12. The van der Waals surface area contributed by atoms with E-state index < -0.39 is 0 Å². The van der Waals surface area contributed by atoms with Crippen LogP contribution in [0, 0.1) is 6.92 Å². The van der Waals surface area contributed by atoms with Crippen LogP contribution >= 0.6 is 11.3 Å². The third-order valence-corrected chi connectivity index (χ3v) is 8.21. The molecule has 4 heterocycles. The number of fused-ring (bicyclic) bond motifs is 2. The summed E-state index contributed by atoms with van der Waals surface area (Å²) in [4.78, 5) is 31.1. The third-order valence-electron chi connectivity index (χ3n) is 7.02. The van der Waals surface area contributed by atoms with Crippen molar-refractivity contribution in [2.45, 2.75) is 19.9 Å². The smallest absolute Gasteiger partial charge is 0.264 e. The van der Waals surface area contributed by atoms with Gasteiger partial charge < -0.3 is 14.7 Å². The number of hydrogen-bond acceptors (Lipinski definition) is 6. The van der Waals surface area contributed by atoms with E-state index in [0.717, 1.165) is 72.2 Å². The molecule has 0 bridgehead atoms. The van der Waals surface area contributed by atoms with Gasteiger partial charge in [0.1, 0.15) is 17.0 Å². The summed E-state index contributed by atoms with van der Waals surface area (Å²) in [6.07, 6.45) is 2.64. The van der Waals surface area contributed by atoms with Gasteiger partial charge in [-0.15, -0.1) is 11.3 Å². The molecule has 4 aromatic rings. The number of carbonyl (C=O) groups excluding carboxylic acids is 1. The SMILES string of the molecule is Cc1c(C(=O)N2CCN(c3ccccc3)CC2)sc2ncnc(N3CCc4ccccc4C3)c12. The molecule has 2 aromatic carbocycles. The topological polar surface area (TPSA) is 52.6 Å². The molecule has 6 nitrogen and oxygen atoms in total. The lowest BCUT2D eigenvalue weighted by molar-refractivity contribution is 0.0751. The summed E-state index contributed by atoms with van der Waals surface area (Å²) in [6.45, 7) is 6.95. The quantitative estimate of drug-likeness (QED) is 0.441. The van der Waals surface area contributed by atoms with Crippen molar-refractivity contribution in [2.75, 3.05) is 42.5 Å². The minimum atomic E-state index is 0.114. The van der Waals surface area contributed by atoms with Gasteiger partial charge in [0.05, 0.1) is 10.3 Å². The van der Waals surface area contributed by atoms with E-state index in [1.165, 1.54) is 28.2 Å². The molecule has 1 amide bonds. The fourth-order valence-corrected chi connectivity index (χ4v) is 6.23. The summed E-state index contributed by atoms with van der Waals surface area (Å²) in [5.74, 6) is 1.06. The van der Waals surface area contributed by atoms with E-state index in [-0.39, 0.29) is 5.91 Å². The molecule has 7 heteroatoms. The number of carbonyl (C=O) groups is 1. The lowest BCUT2D eigenvalue weighted by atomic mass is 9.99. The lowest BCUT2D eigenvalue weighted by Crippen LogP contribution is -2.48. The van der Waals surface area contributed by atoms with Gasteiger partial charge in [-0.2, -0.15) is 0 Å². The number of rotatable bonds is 3. The number of hydrogen-bond donors (Lipinski definition) is 0. The number of anilines is 2. The summed E-state index contributed by atoms with van der Waals surface area (Å²) in [7, 11) is 0. The first kappa shape index (κ1) is 21.1. The highest BCUT2D eigenvalue weighted by Crippen LogP contribution is 2.37. The van der Waals surface area contributed by atoms with Crippen molar-refractivity contribution < 1.29 is 4.79 Å². The first-order valence-corrected chi connectivity index (χ1v) is 12.7. The Morgan fingerprint density at radius 2 is 1.59 bits per heavy atom. The molecule has 0 atom stereocenters. The van der Waals surface area contributed by atoms with Crippen molar-refractivity contribution in [1.82, 2.24) is 14.9 Å². The molecule has 1 fully saturated rings. The Hall–Kier alpha value is -3.45. The highest BCUT2D eigenvalue weighted by atomic mass is 32.1. The van der Waals surface area contributed by atoms with Gasteiger partial charge in [0.25, 0.3) is 5.91 Å². The molecule has 2 aliphatic heterocycles. The molecule has 0 aliphatic carbocycles. The average Bonchev–Trinajstić information content (AvgIpc) is 3.25. The lowest BCUT2D eigenvalue weighted by Gasteiger charge is -2.36. The first-order chi connectivity index (χ1) is 16.7. The van der Waals surface area contributed by atoms with Gasteiger partial charge >= 0.3 is 0 Å². The maximum Gasteiger partial charge on any atom is 0.264 e. The van der Waals surface area contributed by atoms with Gasteiger partial charge in [0.2, 0.25) is 0 Å². The Morgan fingerprint density at radius 1 is 0.853 bits per heavy atom. The van der Waals surface area contributed by atoms with Gasteiger partial charge in [0.15, 0.2) is 0 Å². The Labute approximate surface area is 203 Å².